The predicted octanol–water partition coefficient (Wildman–Crippen LogP) is 2.21. The Kier molecular flexibility index (Phi) is 2.48. The first-order valence-electron chi connectivity index (χ1n) is 3.80. The lowest BCUT2D eigenvalue weighted by molar-refractivity contribution is 0.101. The van der Waals surface area contributed by atoms with E-state index in [-0.39, 0.29) is 5.78 Å². The molecule has 0 N–H and O–H groups in total. The van der Waals surface area contributed by atoms with Gasteiger partial charge in [-0.05, 0) is 25.5 Å². The minimum Gasteiger partial charge on any atom is -0.496 e. The van der Waals surface area contributed by atoms with Crippen LogP contribution in [0, 0.1) is 6.92 Å². The molecule has 0 aromatic heterocycles. The zero-order chi connectivity index (χ0) is 9.14. The number of ketones is 1. The van der Waals surface area contributed by atoms with Crippen molar-refractivity contribution in [3.63, 3.8) is 0 Å². The van der Waals surface area contributed by atoms with E-state index in [1.54, 1.807) is 26.2 Å². The van der Waals surface area contributed by atoms with Gasteiger partial charge in [0.05, 0.1) is 7.11 Å². The monoisotopic (exact) mass is 164 g/mol. The Bertz CT molecular complexity index is 303. The number of Topliss-reactive ketones (excluding diaryl/α,β-unsaturated/α-hetero) is 1. The first kappa shape index (κ1) is 8.78. The summed E-state index contributed by atoms with van der Waals surface area (Å²) in [6, 6.07) is 5.45. The van der Waals surface area contributed by atoms with Crippen molar-refractivity contribution in [3.05, 3.63) is 29.3 Å². The Labute approximate surface area is 72.2 Å². The molecule has 1 aromatic carbocycles. The smallest absolute Gasteiger partial charge is 0.159 e. The fourth-order valence-corrected chi connectivity index (χ4v) is 1.04. The number of methoxy groups -OCH3 is 1. The quantitative estimate of drug-likeness (QED) is 0.626. The van der Waals surface area contributed by atoms with Crippen LogP contribution in [0.25, 0.3) is 0 Å². The number of carbonyl (C=O) groups is 1. The zero-order valence-corrected chi connectivity index (χ0v) is 7.55. The first-order chi connectivity index (χ1) is 5.65. The van der Waals surface area contributed by atoms with Gasteiger partial charge in [0.2, 0.25) is 0 Å². The summed E-state index contributed by atoms with van der Waals surface area (Å²) in [5.41, 5.74) is 1.74. The molecule has 0 aliphatic carbocycles. The molecule has 0 amide bonds. The molecule has 0 saturated carbocycles. The number of hydrogen-bond acceptors (Lipinski definition) is 2. The van der Waals surface area contributed by atoms with Crippen LogP contribution in [0.15, 0.2) is 18.2 Å². The summed E-state index contributed by atoms with van der Waals surface area (Å²) in [5, 5.41) is 0. The van der Waals surface area contributed by atoms with Crippen molar-refractivity contribution in [2.24, 2.45) is 0 Å². The molecule has 0 radical (unpaired) electrons. The largest absolute Gasteiger partial charge is 0.496 e. The Morgan fingerprint density at radius 3 is 2.58 bits per heavy atom. The van der Waals surface area contributed by atoms with Gasteiger partial charge >= 0.3 is 0 Å². The molecule has 0 atom stereocenters. The summed E-state index contributed by atoms with van der Waals surface area (Å²) < 4.78 is 5.08. The number of rotatable bonds is 2. The van der Waals surface area contributed by atoms with Crippen LogP contribution in [0.1, 0.15) is 22.8 Å². The number of ether oxygens (including phenoxy) is 1. The van der Waals surface area contributed by atoms with Crippen molar-refractivity contribution in [1.82, 2.24) is 0 Å². The molecular weight excluding hydrogens is 152 g/mol. The summed E-state index contributed by atoms with van der Waals surface area (Å²) in [7, 11) is 1.60. The normalized spacial score (nSPS) is 9.58. The topological polar surface area (TPSA) is 26.3 Å². The van der Waals surface area contributed by atoms with Gasteiger partial charge in [-0.25, -0.2) is 0 Å². The van der Waals surface area contributed by atoms with E-state index in [1.807, 2.05) is 13.0 Å². The van der Waals surface area contributed by atoms with Crippen LogP contribution in [0.5, 0.6) is 5.75 Å². The van der Waals surface area contributed by atoms with E-state index in [0.717, 1.165) is 11.3 Å². The van der Waals surface area contributed by atoms with Gasteiger partial charge in [-0.15, -0.1) is 0 Å². The van der Waals surface area contributed by atoms with E-state index in [0.29, 0.717) is 5.56 Å². The van der Waals surface area contributed by atoms with E-state index < -0.39 is 0 Å². The molecular formula is C10H12O2. The average Bonchev–Trinajstić information content (AvgIpc) is 2.05. The van der Waals surface area contributed by atoms with Crippen LogP contribution in [0.4, 0.5) is 0 Å². The number of carbonyl (C=O) groups excluding carboxylic acids is 1. The predicted molar refractivity (Wildman–Crippen MR) is 47.7 cm³/mol. The summed E-state index contributed by atoms with van der Waals surface area (Å²) in [5.74, 6) is 0.830. The van der Waals surface area contributed by atoms with Gasteiger partial charge in [0.15, 0.2) is 5.78 Å². The summed E-state index contributed by atoms with van der Waals surface area (Å²) in [6.45, 7) is 3.49. The minimum absolute atomic E-state index is 0.0632. The van der Waals surface area contributed by atoms with Crippen LogP contribution in [-0.4, -0.2) is 12.9 Å². The lowest BCUT2D eigenvalue weighted by Gasteiger charge is -2.04. The van der Waals surface area contributed by atoms with Gasteiger partial charge in [-0.1, -0.05) is 12.1 Å². The van der Waals surface area contributed by atoms with Crippen molar-refractivity contribution in [1.29, 1.82) is 0 Å². The highest BCUT2D eigenvalue weighted by atomic mass is 16.5. The van der Waals surface area contributed by atoms with Crippen molar-refractivity contribution < 1.29 is 9.53 Å². The Hall–Kier alpha value is -1.31. The van der Waals surface area contributed by atoms with Crippen LogP contribution >= 0.6 is 0 Å². The van der Waals surface area contributed by atoms with Crippen LogP contribution in [-0.2, 0) is 0 Å². The SMILES string of the molecule is COc1cc(C(C)=O)ccc1C. The van der Waals surface area contributed by atoms with Crippen molar-refractivity contribution in [2.75, 3.05) is 7.11 Å². The fraction of sp³-hybridized carbons (Fsp3) is 0.300. The molecule has 2 nitrogen and oxygen atoms in total. The zero-order valence-electron chi connectivity index (χ0n) is 7.55. The average molecular weight is 164 g/mol. The Balaban J connectivity index is 3.13. The number of hydrogen-bond donors (Lipinski definition) is 0. The molecule has 0 aliphatic rings. The highest BCUT2D eigenvalue weighted by molar-refractivity contribution is 5.94. The molecule has 0 aliphatic heterocycles. The van der Waals surface area contributed by atoms with Crippen molar-refractivity contribution in [2.45, 2.75) is 13.8 Å². The molecule has 0 fully saturated rings. The molecule has 0 heterocycles. The number of benzene rings is 1. The lowest BCUT2D eigenvalue weighted by atomic mass is 10.1. The maximum absolute atomic E-state index is 11.0. The van der Waals surface area contributed by atoms with Crippen LogP contribution in [0.2, 0.25) is 0 Å². The molecule has 0 saturated heterocycles. The van der Waals surface area contributed by atoms with Gasteiger partial charge in [0.25, 0.3) is 0 Å². The molecule has 64 valence electrons. The van der Waals surface area contributed by atoms with Crippen molar-refractivity contribution in [3.8, 4) is 5.75 Å². The van der Waals surface area contributed by atoms with E-state index in [2.05, 4.69) is 0 Å². The number of aryl methyl sites for hydroxylation is 1. The second-order valence-corrected chi connectivity index (χ2v) is 2.74. The summed E-state index contributed by atoms with van der Waals surface area (Å²) in [6.07, 6.45) is 0. The molecule has 0 spiro atoms. The fourth-order valence-electron chi connectivity index (χ4n) is 1.04. The lowest BCUT2D eigenvalue weighted by Crippen LogP contribution is -1.94. The standard InChI is InChI=1S/C10H12O2/c1-7-4-5-9(8(2)11)6-10(7)12-3/h4-6H,1-3H3. The molecule has 12 heavy (non-hydrogen) atoms. The molecule has 0 bridgehead atoms. The third-order valence-electron chi connectivity index (χ3n) is 1.81. The van der Waals surface area contributed by atoms with Gasteiger partial charge in [-0.3, -0.25) is 4.79 Å². The molecule has 1 rings (SSSR count). The van der Waals surface area contributed by atoms with Gasteiger partial charge in [-0.2, -0.15) is 0 Å². The maximum Gasteiger partial charge on any atom is 0.159 e. The maximum atomic E-state index is 11.0. The Morgan fingerprint density at radius 2 is 2.08 bits per heavy atom. The van der Waals surface area contributed by atoms with Crippen molar-refractivity contribution >= 4 is 5.78 Å². The summed E-state index contributed by atoms with van der Waals surface area (Å²) >= 11 is 0. The second kappa shape index (κ2) is 3.39. The second-order valence-electron chi connectivity index (χ2n) is 2.74. The van der Waals surface area contributed by atoms with Gasteiger partial charge in [0.1, 0.15) is 5.75 Å². The van der Waals surface area contributed by atoms with E-state index >= 15 is 0 Å². The molecule has 2 heteroatoms. The van der Waals surface area contributed by atoms with Crippen LogP contribution < -0.4 is 4.74 Å². The van der Waals surface area contributed by atoms with Gasteiger partial charge < -0.3 is 4.74 Å². The molecule has 0 unspecified atom stereocenters. The van der Waals surface area contributed by atoms with Crippen LogP contribution in [0.3, 0.4) is 0 Å². The van der Waals surface area contributed by atoms with E-state index in [1.165, 1.54) is 0 Å². The third-order valence-corrected chi connectivity index (χ3v) is 1.81. The summed E-state index contributed by atoms with van der Waals surface area (Å²) in [4.78, 5) is 11.0. The molecule has 1 aromatic rings. The first-order valence-corrected chi connectivity index (χ1v) is 3.80. The Morgan fingerprint density at radius 1 is 1.42 bits per heavy atom. The minimum atomic E-state index is 0.0632. The highest BCUT2D eigenvalue weighted by Crippen LogP contribution is 2.18. The van der Waals surface area contributed by atoms with E-state index in [4.69, 9.17) is 4.74 Å². The third kappa shape index (κ3) is 1.64. The van der Waals surface area contributed by atoms with Gasteiger partial charge in [0, 0.05) is 5.56 Å². The highest BCUT2D eigenvalue weighted by Gasteiger charge is 2.02. The van der Waals surface area contributed by atoms with E-state index in [9.17, 15) is 4.79 Å².